The Balaban J connectivity index is 1.75. The fourth-order valence-corrected chi connectivity index (χ4v) is 6.04. The molecular weight excluding hydrogens is 302 g/mol. The minimum absolute atomic E-state index is 0.251. The molecule has 0 aromatic rings. The Bertz CT molecular complexity index is 486. The lowest BCUT2D eigenvalue weighted by Crippen LogP contribution is -2.56. The first-order valence-electron chi connectivity index (χ1n) is 9.47. The maximum absolute atomic E-state index is 12.5. The second kappa shape index (κ2) is 5.74. The molecule has 4 saturated carbocycles. The molecule has 24 heavy (non-hydrogen) atoms. The molecular formula is C20H33NO3. The molecule has 4 aliphatic carbocycles. The van der Waals surface area contributed by atoms with E-state index in [0.717, 1.165) is 30.5 Å². The molecule has 4 bridgehead atoms. The molecule has 0 saturated heterocycles. The third kappa shape index (κ3) is 3.34. The van der Waals surface area contributed by atoms with Crippen molar-refractivity contribution in [1.82, 2.24) is 4.90 Å². The molecule has 0 N–H and O–H groups in total. The summed E-state index contributed by atoms with van der Waals surface area (Å²) >= 11 is 0. The van der Waals surface area contributed by atoms with Crippen molar-refractivity contribution in [2.24, 2.45) is 23.2 Å². The average Bonchev–Trinajstić information content (AvgIpc) is 2.42. The lowest BCUT2D eigenvalue weighted by molar-refractivity contribution is -0.125. The molecule has 136 valence electrons. The van der Waals surface area contributed by atoms with Crippen molar-refractivity contribution in [3.63, 3.8) is 0 Å². The van der Waals surface area contributed by atoms with Crippen LogP contribution in [0.2, 0.25) is 0 Å². The maximum Gasteiger partial charge on any atom is 0.410 e. The highest BCUT2D eigenvalue weighted by Crippen LogP contribution is 2.62. The standard InChI is InChI=1S/C20H33NO3/c1-18(2,3)24-17(23)21(5)19(4,13-22)12-20-9-14-6-15(10-20)8-16(7-14)11-20/h13-16H,6-12H2,1-5H3. The fourth-order valence-electron chi connectivity index (χ4n) is 6.04. The summed E-state index contributed by atoms with van der Waals surface area (Å²) in [5.74, 6) is 2.54. The zero-order valence-electron chi connectivity index (χ0n) is 15.9. The smallest absolute Gasteiger partial charge is 0.410 e. The largest absolute Gasteiger partial charge is 0.444 e. The number of hydrogen-bond donors (Lipinski definition) is 0. The van der Waals surface area contributed by atoms with Crippen molar-refractivity contribution in [1.29, 1.82) is 0 Å². The molecule has 1 unspecified atom stereocenters. The SMILES string of the molecule is CN(C(=O)OC(C)(C)C)C(C)(C=O)CC12CC3CC(CC(C3)C1)C2. The Morgan fingerprint density at radius 3 is 1.92 bits per heavy atom. The van der Waals surface area contributed by atoms with Crippen LogP contribution in [0.15, 0.2) is 0 Å². The van der Waals surface area contributed by atoms with Gasteiger partial charge in [-0.25, -0.2) is 4.79 Å². The number of nitrogens with zero attached hydrogens (tertiary/aromatic N) is 1. The molecule has 4 fully saturated rings. The van der Waals surface area contributed by atoms with Crippen LogP contribution in [0, 0.1) is 23.2 Å². The van der Waals surface area contributed by atoms with Gasteiger partial charge in [-0.15, -0.1) is 0 Å². The second-order valence-corrected chi connectivity index (χ2v) is 10.1. The summed E-state index contributed by atoms with van der Waals surface area (Å²) in [6.45, 7) is 7.48. The molecule has 4 heteroatoms. The molecule has 4 aliphatic rings. The van der Waals surface area contributed by atoms with Crippen LogP contribution >= 0.6 is 0 Å². The monoisotopic (exact) mass is 335 g/mol. The van der Waals surface area contributed by atoms with E-state index in [1.54, 1.807) is 7.05 Å². The maximum atomic E-state index is 12.5. The van der Waals surface area contributed by atoms with Gasteiger partial charge in [0.15, 0.2) is 0 Å². The van der Waals surface area contributed by atoms with Crippen LogP contribution in [0.5, 0.6) is 0 Å². The average molecular weight is 335 g/mol. The fraction of sp³-hybridized carbons (Fsp3) is 0.900. The molecule has 4 rings (SSSR count). The lowest BCUT2D eigenvalue weighted by Gasteiger charge is -2.58. The van der Waals surface area contributed by atoms with Crippen molar-refractivity contribution >= 4 is 12.4 Å². The van der Waals surface area contributed by atoms with Crippen molar-refractivity contribution in [3.05, 3.63) is 0 Å². The quantitative estimate of drug-likeness (QED) is 0.715. The van der Waals surface area contributed by atoms with Crippen molar-refractivity contribution in [3.8, 4) is 0 Å². The summed E-state index contributed by atoms with van der Waals surface area (Å²) in [6, 6.07) is 0. The molecule has 0 aromatic heterocycles. The van der Waals surface area contributed by atoms with Gasteiger partial charge in [0.05, 0.1) is 5.54 Å². The number of ether oxygens (including phenoxy) is 1. The molecule has 4 nitrogen and oxygen atoms in total. The van der Waals surface area contributed by atoms with Crippen molar-refractivity contribution in [2.75, 3.05) is 7.05 Å². The van der Waals surface area contributed by atoms with Gasteiger partial charge in [0.25, 0.3) is 0 Å². The minimum atomic E-state index is -0.784. The van der Waals surface area contributed by atoms with E-state index < -0.39 is 17.2 Å². The molecule has 1 atom stereocenters. The zero-order valence-corrected chi connectivity index (χ0v) is 15.9. The van der Waals surface area contributed by atoms with E-state index in [1.165, 1.54) is 43.4 Å². The highest BCUT2D eigenvalue weighted by atomic mass is 16.6. The van der Waals surface area contributed by atoms with Crippen LogP contribution in [0.1, 0.15) is 72.6 Å². The first-order valence-corrected chi connectivity index (χ1v) is 9.47. The molecule has 0 heterocycles. The van der Waals surface area contributed by atoms with Crippen LogP contribution in [0.4, 0.5) is 4.79 Å². The predicted molar refractivity (Wildman–Crippen MR) is 93.7 cm³/mol. The van der Waals surface area contributed by atoms with Crippen molar-refractivity contribution in [2.45, 2.75) is 83.8 Å². The molecule has 0 radical (unpaired) electrons. The van der Waals surface area contributed by atoms with Gasteiger partial charge in [0, 0.05) is 7.05 Å². The minimum Gasteiger partial charge on any atom is -0.444 e. The van der Waals surface area contributed by atoms with Gasteiger partial charge in [-0.1, -0.05) is 0 Å². The highest BCUT2D eigenvalue weighted by molar-refractivity contribution is 5.76. The van der Waals surface area contributed by atoms with E-state index in [0.29, 0.717) is 0 Å². The molecule has 0 aliphatic heterocycles. The summed E-state index contributed by atoms with van der Waals surface area (Å²) in [5.41, 5.74) is -1.08. The van der Waals surface area contributed by atoms with E-state index in [2.05, 4.69) is 0 Å². The Morgan fingerprint density at radius 1 is 1.08 bits per heavy atom. The number of likely N-dealkylation sites (N-methyl/N-ethyl adjacent to an activating group) is 1. The van der Waals surface area contributed by atoms with Gasteiger partial charge in [-0.3, -0.25) is 4.90 Å². The van der Waals surface area contributed by atoms with E-state index in [-0.39, 0.29) is 5.41 Å². The second-order valence-electron chi connectivity index (χ2n) is 10.1. The highest BCUT2D eigenvalue weighted by Gasteiger charge is 2.54. The Morgan fingerprint density at radius 2 is 1.54 bits per heavy atom. The van der Waals surface area contributed by atoms with Gasteiger partial charge in [0.1, 0.15) is 11.9 Å². The van der Waals surface area contributed by atoms with Gasteiger partial charge in [0.2, 0.25) is 0 Å². The number of amides is 1. The van der Waals surface area contributed by atoms with E-state index in [1.807, 2.05) is 27.7 Å². The Kier molecular flexibility index (Phi) is 4.25. The number of hydrogen-bond acceptors (Lipinski definition) is 3. The van der Waals surface area contributed by atoms with Gasteiger partial charge < -0.3 is 9.53 Å². The summed E-state index contributed by atoms with van der Waals surface area (Å²) in [7, 11) is 1.71. The number of rotatable bonds is 4. The van der Waals surface area contributed by atoms with E-state index in [4.69, 9.17) is 4.74 Å². The van der Waals surface area contributed by atoms with Crippen molar-refractivity contribution < 1.29 is 14.3 Å². The normalized spacial score (nSPS) is 37.0. The third-order valence-corrected chi connectivity index (χ3v) is 6.59. The first-order chi connectivity index (χ1) is 11.0. The third-order valence-electron chi connectivity index (χ3n) is 6.59. The molecule has 0 spiro atoms. The number of aldehydes is 1. The van der Waals surface area contributed by atoms with E-state index >= 15 is 0 Å². The van der Waals surface area contributed by atoms with Crippen LogP contribution < -0.4 is 0 Å². The van der Waals surface area contributed by atoms with Crippen LogP contribution in [-0.2, 0) is 9.53 Å². The molecule has 0 aromatic carbocycles. The van der Waals surface area contributed by atoms with E-state index in [9.17, 15) is 9.59 Å². The molecule has 1 amide bonds. The number of carbonyl (C=O) groups is 2. The van der Waals surface area contributed by atoms with Gasteiger partial charge in [-0.05, 0) is 95.8 Å². The van der Waals surface area contributed by atoms with Crippen LogP contribution in [0.25, 0.3) is 0 Å². The Hall–Kier alpha value is -1.06. The van der Waals surface area contributed by atoms with Crippen LogP contribution in [-0.4, -0.2) is 35.5 Å². The Labute approximate surface area is 146 Å². The summed E-state index contributed by atoms with van der Waals surface area (Å²) in [5, 5.41) is 0. The van der Waals surface area contributed by atoms with Gasteiger partial charge >= 0.3 is 6.09 Å². The zero-order chi connectivity index (χ0) is 17.8. The first kappa shape index (κ1) is 17.8. The summed E-state index contributed by atoms with van der Waals surface area (Å²) < 4.78 is 5.50. The van der Waals surface area contributed by atoms with Gasteiger partial charge in [-0.2, -0.15) is 0 Å². The van der Waals surface area contributed by atoms with Crippen LogP contribution in [0.3, 0.4) is 0 Å². The predicted octanol–water partition coefficient (Wildman–Crippen LogP) is 4.42. The lowest BCUT2D eigenvalue weighted by atomic mass is 9.47. The topological polar surface area (TPSA) is 46.6 Å². The summed E-state index contributed by atoms with van der Waals surface area (Å²) in [4.78, 5) is 26.0. The number of carbonyl (C=O) groups excluding carboxylic acids is 2. The summed E-state index contributed by atoms with van der Waals surface area (Å²) in [6.07, 6.45) is 9.23.